The van der Waals surface area contributed by atoms with Crippen molar-refractivity contribution in [3.05, 3.63) is 95.6 Å². The molecule has 0 spiro atoms. The maximum Gasteiger partial charge on any atom is 0.198 e. The summed E-state index contributed by atoms with van der Waals surface area (Å²) in [6, 6.07) is 27.2. The Morgan fingerprint density at radius 3 is 2.34 bits per heavy atom. The molecule has 4 rings (SSSR count). The molecule has 1 heterocycles. The standard InChI is InChI=1S/C30H38N4O/c1-24-8-5-6-11-27(24)23-35-29-14-12-28(13-15-29)34(19-7-18-31)30(32)33-20-16-26(17-21-33)22-25-9-3-2-4-10-25/h2-6,8-15,26,32H,7,16-23,31H2,1H3. The summed E-state index contributed by atoms with van der Waals surface area (Å²) in [4.78, 5) is 4.32. The van der Waals surface area contributed by atoms with E-state index in [-0.39, 0.29) is 0 Å². The molecule has 0 atom stereocenters. The molecule has 0 aliphatic carbocycles. The van der Waals surface area contributed by atoms with Crippen molar-refractivity contribution in [2.75, 3.05) is 31.1 Å². The van der Waals surface area contributed by atoms with E-state index in [1.54, 1.807) is 0 Å². The predicted molar refractivity (Wildman–Crippen MR) is 145 cm³/mol. The number of hydrogen-bond acceptors (Lipinski definition) is 3. The predicted octanol–water partition coefficient (Wildman–Crippen LogP) is 5.62. The number of piperidine rings is 1. The van der Waals surface area contributed by atoms with Crippen molar-refractivity contribution in [2.24, 2.45) is 11.7 Å². The number of rotatable bonds is 9. The van der Waals surface area contributed by atoms with Gasteiger partial charge in [0.2, 0.25) is 0 Å². The van der Waals surface area contributed by atoms with E-state index in [4.69, 9.17) is 15.9 Å². The summed E-state index contributed by atoms with van der Waals surface area (Å²) in [6.07, 6.45) is 4.21. The van der Waals surface area contributed by atoms with Crippen molar-refractivity contribution in [1.82, 2.24) is 4.90 Å². The molecule has 0 radical (unpaired) electrons. The van der Waals surface area contributed by atoms with E-state index in [0.717, 1.165) is 56.8 Å². The lowest BCUT2D eigenvalue weighted by molar-refractivity contribution is 0.261. The molecule has 0 unspecified atom stereocenters. The molecule has 3 aromatic carbocycles. The van der Waals surface area contributed by atoms with E-state index in [0.29, 0.717) is 25.0 Å². The monoisotopic (exact) mass is 470 g/mol. The minimum Gasteiger partial charge on any atom is -0.489 e. The molecule has 3 N–H and O–H groups in total. The van der Waals surface area contributed by atoms with Gasteiger partial charge in [-0.15, -0.1) is 0 Å². The molecule has 5 heteroatoms. The Morgan fingerprint density at radius 1 is 0.971 bits per heavy atom. The third-order valence-electron chi connectivity index (χ3n) is 6.93. The Hall–Kier alpha value is -3.31. The SMILES string of the molecule is Cc1ccccc1COc1ccc(N(CCCN)C(=N)N2CCC(Cc3ccccc3)CC2)cc1. The van der Waals surface area contributed by atoms with E-state index in [9.17, 15) is 0 Å². The molecular formula is C30H38N4O. The van der Waals surface area contributed by atoms with Crippen LogP contribution in [0.25, 0.3) is 0 Å². The molecule has 5 nitrogen and oxygen atoms in total. The number of nitrogens with zero attached hydrogens (tertiary/aromatic N) is 2. The van der Waals surface area contributed by atoms with Crippen LogP contribution in [0.15, 0.2) is 78.9 Å². The van der Waals surface area contributed by atoms with Crippen LogP contribution < -0.4 is 15.4 Å². The number of nitrogens with two attached hydrogens (primary N) is 1. The smallest absolute Gasteiger partial charge is 0.198 e. The van der Waals surface area contributed by atoms with Crippen LogP contribution in [-0.2, 0) is 13.0 Å². The van der Waals surface area contributed by atoms with Crippen molar-refractivity contribution in [3.63, 3.8) is 0 Å². The quantitative estimate of drug-likeness (QED) is 0.315. The van der Waals surface area contributed by atoms with Gasteiger partial charge in [0.15, 0.2) is 5.96 Å². The van der Waals surface area contributed by atoms with E-state index < -0.39 is 0 Å². The molecule has 1 fully saturated rings. The molecular weight excluding hydrogens is 432 g/mol. The van der Waals surface area contributed by atoms with Crippen molar-refractivity contribution in [3.8, 4) is 5.75 Å². The molecule has 35 heavy (non-hydrogen) atoms. The zero-order valence-electron chi connectivity index (χ0n) is 20.8. The average Bonchev–Trinajstić information content (AvgIpc) is 2.90. The molecule has 1 aliphatic rings. The van der Waals surface area contributed by atoms with Gasteiger partial charge in [0.05, 0.1) is 0 Å². The van der Waals surface area contributed by atoms with Gasteiger partial charge >= 0.3 is 0 Å². The zero-order chi connectivity index (χ0) is 24.5. The van der Waals surface area contributed by atoms with Crippen molar-refractivity contribution < 1.29 is 4.74 Å². The normalized spacial score (nSPS) is 14.1. The Bertz CT molecular complexity index is 1060. The lowest BCUT2D eigenvalue weighted by Crippen LogP contribution is -2.48. The highest BCUT2D eigenvalue weighted by Gasteiger charge is 2.24. The number of likely N-dealkylation sites (tertiary alicyclic amines) is 1. The highest BCUT2D eigenvalue weighted by atomic mass is 16.5. The molecule has 0 amide bonds. The second kappa shape index (κ2) is 12.4. The number of benzene rings is 3. The van der Waals surface area contributed by atoms with Crippen molar-refractivity contribution in [2.45, 2.75) is 39.2 Å². The topological polar surface area (TPSA) is 65.6 Å². The van der Waals surface area contributed by atoms with E-state index >= 15 is 0 Å². The molecule has 1 saturated heterocycles. The highest BCUT2D eigenvalue weighted by Crippen LogP contribution is 2.25. The number of anilines is 1. The van der Waals surface area contributed by atoms with Gasteiger partial charge in [-0.05, 0) is 86.0 Å². The molecule has 0 bridgehead atoms. The first-order chi connectivity index (χ1) is 17.1. The van der Waals surface area contributed by atoms with E-state index in [2.05, 4.69) is 71.3 Å². The van der Waals surface area contributed by atoms with Crippen molar-refractivity contribution in [1.29, 1.82) is 5.41 Å². The summed E-state index contributed by atoms with van der Waals surface area (Å²) in [5, 5.41) is 8.99. The first-order valence-electron chi connectivity index (χ1n) is 12.8. The maximum atomic E-state index is 8.99. The molecule has 184 valence electrons. The fraction of sp³-hybridized carbons (Fsp3) is 0.367. The van der Waals surface area contributed by atoms with Gasteiger partial charge in [0, 0.05) is 25.3 Å². The van der Waals surface area contributed by atoms with E-state index in [1.165, 1.54) is 16.7 Å². The summed E-state index contributed by atoms with van der Waals surface area (Å²) in [5.74, 6) is 2.10. The first kappa shape index (κ1) is 24.8. The van der Waals surface area contributed by atoms with Crippen LogP contribution in [0.4, 0.5) is 5.69 Å². The third-order valence-corrected chi connectivity index (χ3v) is 6.93. The average molecular weight is 471 g/mol. The second-order valence-electron chi connectivity index (χ2n) is 9.45. The van der Waals surface area contributed by atoms with Gasteiger partial charge in [-0.2, -0.15) is 0 Å². The number of hydrogen-bond donors (Lipinski definition) is 2. The minimum atomic E-state index is 0.552. The van der Waals surface area contributed by atoms with Crippen LogP contribution in [-0.4, -0.2) is 37.0 Å². The zero-order valence-corrected chi connectivity index (χ0v) is 20.8. The fourth-order valence-corrected chi connectivity index (χ4v) is 4.73. The largest absolute Gasteiger partial charge is 0.489 e. The lowest BCUT2D eigenvalue weighted by atomic mass is 9.90. The molecule has 0 aromatic heterocycles. The number of aryl methyl sites for hydroxylation is 1. The molecule has 1 aliphatic heterocycles. The van der Waals surface area contributed by atoms with Gasteiger partial charge < -0.3 is 20.3 Å². The highest BCUT2D eigenvalue weighted by molar-refractivity contribution is 5.94. The van der Waals surface area contributed by atoms with Crippen LogP contribution in [0.5, 0.6) is 5.75 Å². The lowest BCUT2D eigenvalue weighted by Gasteiger charge is -2.38. The van der Waals surface area contributed by atoms with Gasteiger partial charge in [-0.25, -0.2) is 0 Å². The first-order valence-corrected chi connectivity index (χ1v) is 12.8. The van der Waals surface area contributed by atoms with Gasteiger partial charge in [-0.3, -0.25) is 5.41 Å². The summed E-state index contributed by atoms with van der Waals surface area (Å²) < 4.78 is 6.02. The van der Waals surface area contributed by atoms with Gasteiger partial charge in [0.25, 0.3) is 0 Å². The van der Waals surface area contributed by atoms with Crippen LogP contribution in [0.1, 0.15) is 36.0 Å². The maximum absolute atomic E-state index is 8.99. The summed E-state index contributed by atoms with van der Waals surface area (Å²) in [5.41, 5.74) is 10.7. The Kier molecular flexibility index (Phi) is 8.79. The van der Waals surface area contributed by atoms with Crippen LogP contribution in [0.2, 0.25) is 0 Å². The number of nitrogens with one attached hydrogen (secondary N) is 1. The molecule has 3 aromatic rings. The van der Waals surface area contributed by atoms with E-state index in [1.807, 2.05) is 24.3 Å². The van der Waals surface area contributed by atoms with Crippen molar-refractivity contribution >= 4 is 11.6 Å². The minimum absolute atomic E-state index is 0.552. The summed E-state index contributed by atoms with van der Waals surface area (Å²) in [6.45, 7) is 5.85. The number of ether oxygens (including phenoxy) is 1. The van der Waals surface area contributed by atoms with Crippen LogP contribution in [0.3, 0.4) is 0 Å². The Balaban J connectivity index is 1.35. The molecule has 0 saturated carbocycles. The fourth-order valence-electron chi connectivity index (χ4n) is 4.73. The Morgan fingerprint density at radius 2 is 1.66 bits per heavy atom. The third kappa shape index (κ3) is 6.86. The van der Waals surface area contributed by atoms with Crippen LogP contribution in [0, 0.1) is 18.3 Å². The number of guanidine groups is 1. The van der Waals surface area contributed by atoms with Gasteiger partial charge in [0.1, 0.15) is 12.4 Å². The Labute approximate surface area is 210 Å². The van der Waals surface area contributed by atoms with Gasteiger partial charge in [-0.1, -0.05) is 54.6 Å². The summed E-state index contributed by atoms with van der Waals surface area (Å²) in [7, 11) is 0. The second-order valence-corrected chi connectivity index (χ2v) is 9.45. The van der Waals surface area contributed by atoms with Crippen LogP contribution >= 0.6 is 0 Å². The summed E-state index contributed by atoms with van der Waals surface area (Å²) >= 11 is 0.